The third-order valence-corrected chi connectivity index (χ3v) is 0. The van der Waals surface area contributed by atoms with Crippen molar-refractivity contribution in [3.05, 3.63) is 0 Å². The van der Waals surface area contributed by atoms with Gasteiger partial charge >= 0.3 is 59.4 Å². The molecule has 0 unspecified atom stereocenters. The maximum absolute atomic E-state index is 8.06. The van der Waals surface area contributed by atoms with Crippen LogP contribution in [0.3, 0.4) is 0 Å². The summed E-state index contributed by atoms with van der Waals surface area (Å²) in [7, 11) is 1.72. The fourth-order valence-corrected chi connectivity index (χ4v) is 0. The summed E-state index contributed by atoms with van der Waals surface area (Å²) in [4.78, 5) is 0. The summed E-state index contributed by atoms with van der Waals surface area (Å²) in [6.07, 6.45) is 0. The van der Waals surface area contributed by atoms with Gasteiger partial charge in [-0.1, -0.05) is 0 Å². The first-order valence-corrected chi connectivity index (χ1v) is 0.612. The second kappa shape index (κ2) is 93.7. The van der Waals surface area contributed by atoms with Crippen LogP contribution in [0.15, 0.2) is 0 Å². The summed E-state index contributed by atoms with van der Waals surface area (Å²) in [6.45, 7) is 0. The van der Waals surface area contributed by atoms with Gasteiger partial charge in [-0.2, -0.15) is 0 Å². The largest absolute Gasteiger partial charge is 5.00 e. The van der Waals surface area contributed by atoms with E-state index in [1.54, 1.807) is 10.1 Å². The topological polar surface area (TPSA) is 74.1 Å². The molecule has 0 N–H and O–H groups in total. The van der Waals surface area contributed by atoms with Crippen LogP contribution >= 0.6 is 0 Å². The molecule has 0 radical (unpaired) electrons. The molecule has 0 aliphatic heterocycles. The number of hydrogen-bond donors (Lipinski definition) is 0. The van der Waals surface area contributed by atoms with Crippen molar-refractivity contribution >= 4 is 10.1 Å². The van der Waals surface area contributed by atoms with E-state index in [-0.39, 0.29) is 55.7 Å². The van der Waals surface area contributed by atoms with Gasteiger partial charge in [-0.3, -0.25) is 0 Å². The Balaban J connectivity index is -0.000000000833. The van der Waals surface area contributed by atoms with E-state index in [2.05, 4.69) is 0 Å². The maximum Gasteiger partial charge on any atom is 5.00 e. The van der Waals surface area contributed by atoms with Gasteiger partial charge in [0.1, 0.15) is 0 Å². The molecule has 3 nitrogen and oxygen atoms in total. The summed E-state index contributed by atoms with van der Waals surface area (Å²) >= 11 is 0. The van der Waals surface area contributed by atoms with Crippen molar-refractivity contribution < 1.29 is 60.2 Å². The number of hydrogen-bond acceptors (Lipinski definition) is 1. The van der Waals surface area contributed by atoms with Gasteiger partial charge in [-0.25, -0.2) is 0 Å². The molecule has 0 heterocycles. The molecular formula is O3SiTa2+8. The van der Waals surface area contributed by atoms with Crippen LogP contribution in [0, 0.1) is 0 Å². The zero-order chi connectivity index (χ0) is 2.00. The van der Waals surface area contributed by atoms with Crippen molar-refractivity contribution in [3.63, 3.8) is 0 Å². The number of rotatable bonds is 0. The fourth-order valence-electron chi connectivity index (χ4n) is 0. The van der Waals surface area contributed by atoms with Crippen molar-refractivity contribution in [3.8, 4) is 0 Å². The van der Waals surface area contributed by atoms with Crippen molar-refractivity contribution in [1.82, 2.24) is 0 Å². The molecule has 0 amide bonds. The minimum atomic E-state index is 0. The van der Waals surface area contributed by atoms with Gasteiger partial charge in [-0.15, -0.1) is 0 Å². The molecule has 0 rings (SSSR count). The summed E-state index contributed by atoms with van der Waals surface area (Å²) in [5.41, 5.74) is 0. The quantitative estimate of drug-likeness (QED) is 0.460. The predicted molar refractivity (Wildman–Crippen MR) is 7.81 cm³/mol. The van der Waals surface area contributed by atoms with Crippen molar-refractivity contribution in [1.29, 1.82) is 0 Å². The van der Waals surface area contributed by atoms with E-state index >= 15 is 0 Å². The molecule has 0 saturated carbocycles. The summed E-state index contributed by atoms with van der Waals surface area (Å²) < 4.78 is 8.06. The SMILES string of the molecule is O=[Si+2].[O-2].[O-2].[Ta+5].[Ta+5]. The van der Waals surface area contributed by atoms with Crippen LogP contribution in [0.1, 0.15) is 0 Å². The molecule has 0 fully saturated rings. The Labute approximate surface area is 70.0 Å². The van der Waals surface area contributed by atoms with E-state index in [0.717, 1.165) is 0 Å². The molecule has 0 spiro atoms. The first-order chi connectivity index (χ1) is 1.00. The smallest absolute Gasteiger partial charge is 2.00 e. The van der Waals surface area contributed by atoms with E-state index < -0.39 is 0 Å². The standard InChI is InChI=1S/OSi.2O.2Ta/c1-2;;;;/q+2;2*-2;2*+5. The van der Waals surface area contributed by atoms with Gasteiger partial charge in [0.25, 0.3) is 0 Å². The maximum atomic E-state index is 8.06. The normalized spacial score (nSPS) is 1.00. The van der Waals surface area contributed by atoms with Crippen LogP contribution in [0.4, 0.5) is 0 Å². The molecule has 0 aliphatic carbocycles. The minimum absolute atomic E-state index is 0. The van der Waals surface area contributed by atoms with Gasteiger partial charge < -0.3 is 11.0 Å². The fraction of sp³-hybridized carbons (Fsp3) is 0. The van der Waals surface area contributed by atoms with E-state index in [1.165, 1.54) is 0 Å². The summed E-state index contributed by atoms with van der Waals surface area (Å²) in [6, 6.07) is 0. The van der Waals surface area contributed by atoms with Gasteiger partial charge in [0, 0.05) is 0 Å². The molecule has 0 atom stereocenters. The van der Waals surface area contributed by atoms with Gasteiger partial charge in [-0.05, 0) is 0 Å². The Hall–Kier alpha value is 1.42. The molecule has 6 heavy (non-hydrogen) atoms. The molecular weight excluding hydrogens is 438 g/mol. The molecule has 0 aromatic heterocycles. The van der Waals surface area contributed by atoms with Crippen LogP contribution < -0.4 is 0 Å². The van der Waals surface area contributed by atoms with Gasteiger partial charge in [0.05, 0.1) is 0 Å². The van der Waals surface area contributed by atoms with E-state index in [1.807, 2.05) is 0 Å². The average Bonchev–Trinajstić information content (AvgIpc) is 1.00. The Morgan fingerprint density at radius 3 is 0.833 bits per heavy atom. The molecule has 24 valence electrons. The van der Waals surface area contributed by atoms with Crippen LogP contribution in [0.25, 0.3) is 0 Å². The van der Waals surface area contributed by atoms with Crippen molar-refractivity contribution in [2.45, 2.75) is 0 Å². The molecule has 0 aromatic carbocycles. The van der Waals surface area contributed by atoms with Gasteiger partial charge in [0.15, 0.2) is 0 Å². The molecule has 0 saturated heterocycles. The van der Waals surface area contributed by atoms with Crippen molar-refractivity contribution in [2.75, 3.05) is 0 Å². The molecule has 0 bridgehead atoms. The zero-order valence-electron chi connectivity index (χ0n) is 2.62. The van der Waals surface area contributed by atoms with Crippen LogP contribution in [-0.2, 0) is 60.2 Å². The van der Waals surface area contributed by atoms with Gasteiger partial charge in [0.2, 0.25) is 0 Å². The summed E-state index contributed by atoms with van der Waals surface area (Å²) in [5.74, 6) is 0. The second-order valence-corrected chi connectivity index (χ2v) is 0. The first kappa shape index (κ1) is 52.3. The third kappa shape index (κ3) is 52.6. The Bertz CT molecular complexity index is 8.75. The Morgan fingerprint density at radius 2 is 0.833 bits per heavy atom. The van der Waals surface area contributed by atoms with Crippen molar-refractivity contribution in [2.24, 2.45) is 0 Å². The second-order valence-electron chi connectivity index (χ2n) is 0. The Kier molecular flexibility index (Phi) is 817. The van der Waals surface area contributed by atoms with Crippen LogP contribution in [-0.4, -0.2) is 10.1 Å². The minimum Gasteiger partial charge on any atom is -2.00 e. The first-order valence-electron chi connectivity index (χ1n) is 0.204. The average molecular weight is 438 g/mol. The van der Waals surface area contributed by atoms with E-state index in [9.17, 15) is 0 Å². The zero-order valence-corrected chi connectivity index (χ0v) is 10.0. The third-order valence-electron chi connectivity index (χ3n) is 0. The Morgan fingerprint density at radius 1 is 0.833 bits per heavy atom. The molecule has 0 aliphatic rings. The van der Waals surface area contributed by atoms with Crippen LogP contribution in [0.2, 0.25) is 0 Å². The molecule has 0 aromatic rings. The molecule has 6 heteroatoms. The van der Waals surface area contributed by atoms with E-state index in [4.69, 9.17) is 4.46 Å². The van der Waals surface area contributed by atoms with Crippen LogP contribution in [0.5, 0.6) is 0 Å². The monoisotopic (exact) mass is 438 g/mol. The predicted octanol–water partition coefficient (Wildman–Crippen LogP) is -0.742. The summed E-state index contributed by atoms with van der Waals surface area (Å²) in [5, 5.41) is 0. The van der Waals surface area contributed by atoms with E-state index in [0.29, 0.717) is 0 Å².